The molecule has 3 aromatic heterocycles. The number of carbonyl (C=O) groups is 3. The number of carboxylic acids is 1. The number of carbonyl (C=O) groups excluding carboxylic acids is 2. The Morgan fingerprint density at radius 3 is 1.86 bits per heavy atom. The van der Waals surface area contributed by atoms with Gasteiger partial charge in [0.25, 0.3) is 11.8 Å². The predicted molar refractivity (Wildman–Crippen MR) is 256 cm³/mol. The van der Waals surface area contributed by atoms with Gasteiger partial charge >= 0.3 is 5.97 Å². The van der Waals surface area contributed by atoms with Gasteiger partial charge in [0.2, 0.25) is 0 Å². The molecule has 2 fully saturated rings. The summed E-state index contributed by atoms with van der Waals surface area (Å²) < 4.78 is 0.748. The lowest BCUT2D eigenvalue weighted by molar-refractivity contribution is 0.0443. The number of amides is 2. The lowest BCUT2D eigenvalue weighted by atomic mass is 9.82. The van der Waals surface area contributed by atoms with Gasteiger partial charge in [-0.15, -0.1) is 0 Å². The van der Waals surface area contributed by atoms with Crippen LogP contribution in [0.4, 0.5) is 0 Å². The molecule has 0 unspecified atom stereocenters. The van der Waals surface area contributed by atoms with E-state index in [1.807, 2.05) is 36.4 Å². The molecule has 2 saturated carbocycles. The van der Waals surface area contributed by atoms with E-state index in [1.54, 1.807) is 66.9 Å². The molecular weight excluding hydrogens is 953 g/mol. The van der Waals surface area contributed by atoms with Crippen LogP contribution in [0.3, 0.4) is 0 Å². The fourth-order valence-corrected chi connectivity index (χ4v) is 8.35. The van der Waals surface area contributed by atoms with Crippen molar-refractivity contribution < 1.29 is 29.7 Å². The van der Waals surface area contributed by atoms with Crippen molar-refractivity contribution in [3.63, 3.8) is 0 Å². The Labute approximate surface area is 400 Å². The van der Waals surface area contributed by atoms with Gasteiger partial charge in [0.05, 0.1) is 11.1 Å². The number of halogens is 4. The third-order valence-electron chi connectivity index (χ3n) is 10.5. The summed E-state index contributed by atoms with van der Waals surface area (Å²) in [5, 5.41) is 39.3. The number of aromatic nitrogens is 3. The molecule has 332 valence electrons. The second-order valence-corrected chi connectivity index (χ2v) is 17.7. The SMILES string of the molecule is O=C(N[C@H]1CCC[C@@](O)(C#Cc2cccc(Cl)c2)C1)c1cccnc1Cl.O=C(N[C@H]1CCC[C@@](O)(C#Cc2cccc(Cl)c2)C1)c1cncc(Br)c1.O=C(O)c1nccc2ccccc12. The third-order valence-corrected chi connectivity index (χ3v) is 11.7. The monoisotopic (exact) mass is 993 g/mol. The summed E-state index contributed by atoms with van der Waals surface area (Å²) in [6.45, 7) is 0. The van der Waals surface area contributed by atoms with Crippen LogP contribution in [0.5, 0.6) is 0 Å². The first-order valence-corrected chi connectivity index (χ1v) is 22.5. The number of fused-ring (bicyclic) bond motifs is 1. The molecule has 4 atom stereocenters. The van der Waals surface area contributed by atoms with Crippen LogP contribution in [0, 0.1) is 23.7 Å². The molecule has 65 heavy (non-hydrogen) atoms. The predicted octanol–water partition coefficient (Wildman–Crippen LogP) is 9.73. The minimum Gasteiger partial charge on any atom is -0.476 e. The first-order chi connectivity index (χ1) is 31.2. The molecule has 3 heterocycles. The number of nitrogens with one attached hydrogen (secondary N) is 2. The van der Waals surface area contributed by atoms with E-state index < -0.39 is 17.2 Å². The van der Waals surface area contributed by atoms with Gasteiger partial charge in [-0.25, -0.2) is 14.8 Å². The van der Waals surface area contributed by atoms with Crippen molar-refractivity contribution in [2.75, 3.05) is 0 Å². The van der Waals surface area contributed by atoms with E-state index in [1.165, 1.54) is 18.6 Å². The van der Waals surface area contributed by atoms with Crippen LogP contribution in [0.15, 0.2) is 126 Å². The Morgan fingerprint density at radius 1 is 0.692 bits per heavy atom. The molecule has 0 aliphatic heterocycles. The fraction of sp³-hybridized carbons (Fsp3) is 0.240. The molecule has 2 aliphatic carbocycles. The molecule has 0 bridgehead atoms. The second kappa shape index (κ2) is 22.9. The summed E-state index contributed by atoms with van der Waals surface area (Å²) in [5.41, 5.74) is 0.173. The Balaban J connectivity index is 0.000000171. The molecule has 0 spiro atoms. The zero-order valence-corrected chi connectivity index (χ0v) is 38.6. The van der Waals surface area contributed by atoms with Crippen molar-refractivity contribution in [2.45, 2.75) is 74.7 Å². The highest BCUT2D eigenvalue weighted by molar-refractivity contribution is 9.10. The maximum absolute atomic E-state index is 12.4. The maximum atomic E-state index is 12.4. The Kier molecular flexibility index (Phi) is 17.1. The Hall–Kier alpha value is -5.83. The molecule has 8 rings (SSSR count). The normalized spacial score (nSPS) is 19.8. The van der Waals surface area contributed by atoms with Crippen LogP contribution < -0.4 is 10.6 Å². The van der Waals surface area contributed by atoms with E-state index >= 15 is 0 Å². The van der Waals surface area contributed by atoms with Crippen molar-refractivity contribution in [3.05, 3.63) is 169 Å². The van der Waals surface area contributed by atoms with Crippen LogP contribution in [-0.2, 0) is 0 Å². The van der Waals surface area contributed by atoms with Crippen molar-refractivity contribution in [1.82, 2.24) is 25.6 Å². The van der Waals surface area contributed by atoms with Crippen LogP contribution in [0.2, 0.25) is 15.2 Å². The summed E-state index contributed by atoms with van der Waals surface area (Å²) >= 11 is 21.2. The molecule has 15 heteroatoms. The van der Waals surface area contributed by atoms with Crippen LogP contribution >= 0.6 is 50.7 Å². The van der Waals surface area contributed by atoms with E-state index in [2.05, 4.69) is 65.2 Å². The summed E-state index contributed by atoms with van der Waals surface area (Å²) in [5.74, 6) is 10.4. The molecule has 11 nitrogen and oxygen atoms in total. The summed E-state index contributed by atoms with van der Waals surface area (Å²) in [4.78, 5) is 47.3. The first kappa shape index (κ1) is 48.6. The number of pyridine rings is 3. The molecule has 5 N–H and O–H groups in total. The van der Waals surface area contributed by atoms with Gasteiger partial charge in [0.1, 0.15) is 16.4 Å². The van der Waals surface area contributed by atoms with Gasteiger partial charge in [-0.1, -0.05) is 94.9 Å². The smallest absolute Gasteiger partial charge is 0.355 e. The number of rotatable bonds is 5. The van der Waals surface area contributed by atoms with Gasteiger partial charge in [-0.3, -0.25) is 14.6 Å². The third kappa shape index (κ3) is 14.6. The van der Waals surface area contributed by atoms with Gasteiger partial charge in [-0.2, -0.15) is 0 Å². The van der Waals surface area contributed by atoms with E-state index in [0.29, 0.717) is 52.2 Å². The van der Waals surface area contributed by atoms with E-state index in [-0.39, 0.29) is 34.7 Å². The molecule has 0 saturated heterocycles. The van der Waals surface area contributed by atoms with Crippen molar-refractivity contribution >= 4 is 79.3 Å². The van der Waals surface area contributed by atoms with Crippen molar-refractivity contribution in [1.29, 1.82) is 0 Å². The number of hydrogen-bond donors (Lipinski definition) is 5. The molecule has 2 amide bonds. The van der Waals surface area contributed by atoms with Gasteiger partial charge < -0.3 is 26.0 Å². The Morgan fingerprint density at radius 2 is 1.29 bits per heavy atom. The highest BCUT2D eigenvalue weighted by Gasteiger charge is 2.35. The zero-order valence-electron chi connectivity index (χ0n) is 34.8. The highest BCUT2D eigenvalue weighted by Crippen LogP contribution is 2.30. The second-order valence-electron chi connectivity index (χ2n) is 15.5. The minimum absolute atomic E-state index is 0.109. The number of carboxylic acid groups (broad SMARTS) is 1. The molecule has 3 aromatic carbocycles. The number of aromatic carboxylic acids is 1. The molecule has 2 aliphatic rings. The summed E-state index contributed by atoms with van der Waals surface area (Å²) in [6.07, 6.45) is 11.3. The van der Waals surface area contributed by atoms with Crippen LogP contribution in [0.1, 0.15) is 93.7 Å². The minimum atomic E-state index is -1.14. The van der Waals surface area contributed by atoms with Crippen LogP contribution in [0.25, 0.3) is 10.8 Å². The maximum Gasteiger partial charge on any atom is 0.355 e. The van der Waals surface area contributed by atoms with Gasteiger partial charge in [0.15, 0.2) is 5.69 Å². The summed E-state index contributed by atoms with van der Waals surface area (Å²) in [6, 6.07) is 28.2. The van der Waals surface area contributed by atoms with Crippen molar-refractivity contribution in [3.8, 4) is 23.7 Å². The molecule has 6 aromatic rings. The van der Waals surface area contributed by atoms with Crippen molar-refractivity contribution in [2.24, 2.45) is 0 Å². The highest BCUT2D eigenvalue weighted by atomic mass is 79.9. The lowest BCUT2D eigenvalue weighted by Crippen LogP contribution is -2.45. The molecular formula is C50H43BrCl3N5O6. The number of nitrogens with zero attached hydrogens (tertiary/aromatic N) is 3. The average molecular weight is 996 g/mol. The molecule has 0 radical (unpaired) electrons. The van der Waals surface area contributed by atoms with Crippen LogP contribution in [-0.4, -0.2) is 71.3 Å². The number of hydrogen-bond acceptors (Lipinski definition) is 8. The van der Waals surface area contributed by atoms with Gasteiger partial charge in [0, 0.05) is 80.7 Å². The zero-order chi connectivity index (χ0) is 46.4. The lowest BCUT2D eigenvalue weighted by Gasteiger charge is -2.33. The van der Waals surface area contributed by atoms with E-state index in [4.69, 9.17) is 39.9 Å². The fourth-order valence-electron chi connectivity index (χ4n) is 7.40. The number of benzene rings is 3. The largest absolute Gasteiger partial charge is 0.476 e. The number of aliphatic hydroxyl groups is 2. The first-order valence-electron chi connectivity index (χ1n) is 20.6. The van der Waals surface area contributed by atoms with Gasteiger partial charge in [-0.05, 0) is 121 Å². The van der Waals surface area contributed by atoms with E-state index in [0.717, 1.165) is 46.7 Å². The quantitative estimate of drug-likeness (QED) is 0.0832. The standard InChI is InChI=1S/C20H18BrClN2O2.C20H18Cl2N2O2.C10H7NO2/c21-16-10-15(12-23-13-16)19(25)24-18-5-2-7-20(26,11-18)8-6-14-3-1-4-17(22)9-14;21-15-5-1-4-14(12-15)8-10-20(26)9-2-6-16(13-20)24-19(25)17-7-3-11-23-18(17)22;12-10(13)9-8-4-2-1-3-7(8)5-6-11-9/h1,3-4,9-10,12-13,18,26H,2,5,7,11H2,(H,24,25);1,3-5,7,11-12,16,26H,2,6,9,13H2,(H,24,25);1-6H,(H,12,13)/t18-,20+;16-,20+;/m00./s1. The summed E-state index contributed by atoms with van der Waals surface area (Å²) in [7, 11) is 0. The average Bonchev–Trinajstić information content (AvgIpc) is 3.28. The Bertz CT molecular complexity index is 2800. The van der Waals surface area contributed by atoms with E-state index in [9.17, 15) is 24.6 Å². The topological polar surface area (TPSA) is 175 Å².